The zero-order valence-corrected chi connectivity index (χ0v) is 9.33. The van der Waals surface area contributed by atoms with Crippen LogP contribution in [0, 0.1) is 0 Å². The molecule has 15 heavy (non-hydrogen) atoms. The van der Waals surface area contributed by atoms with E-state index in [0.29, 0.717) is 12.3 Å². The van der Waals surface area contributed by atoms with Crippen molar-refractivity contribution in [1.29, 1.82) is 0 Å². The maximum absolute atomic E-state index is 10.8. The summed E-state index contributed by atoms with van der Waals surface area (Å²) in [5, 5.41) is 0. The average molecular weight is 225 g/mol. The highest BCUT2D eigenvalue weighted by molar-refractivity contribution is 6.17. The molecule has 0 radical (unpaired) electrons. The molecule has 3 heteroatoms. The summed E-state index contributed by atoms with van der Waals surface area (Å²) in [5.41, 5.74) is 2.13. The highest BCUT2D eigenvalue weighted by Gasteiger charge is 1.94. The van der Waals surface area contributed by atoms with Crippen molar-refractivity contribution in [3.8, 4) is 0 Å². The molecule has 0 aliphatic carbocycles. The van der Waals surface area contributed by atoms with Crippen LogP contribution in [-0.2, 0) is 15.4 Å². The number of ether oxygens (including phenoxy) is 1. The summed E-state index contributed by atoms with van der Waals surface area (Å²) in [6.45, 7) is 0. The van der Waals surface area contributed by atoms with Gasteiger partial charge in [0, 0.05) is 5.88 Å². The Morgan fingerprint density at radius 3 is 2.60 bits per heavy atom. The van der Waals surface area contributed by atoms with E-state index in [9.17, 15) is 4.79 Å². The third kappa shape index (κ3) is 4.17. The van der Waals surface area contributed by atoms with Crippen molar-refractivity contribution in [3.05, 3.63) is 41.5 Å². The van der Waals surface area contributed by atoms with Crippen LogP contribution < -0.4 is 0 Å². The maximum atomic E-state index is 10.8. The van der Waals surface area contributed by atoms with E-state index in [4.69, 9.17) is 11.6 Å². The van der Waals surface area contributed by atoms with Crippen LogP contribution in [0.25, 0.3) is 6.08 Å². The van der Waals surface area contributed by atoms with E-state index >= 15 is 0 Å². The fourth-order valence-corrected chi connectivity index (χ4v) is 1.27. The van der Waals surface area contributed by atoms with Crippen LogP contribution in [0.3, 0.4) is 0 Å². The third-order valence-electron chi connectivity index (χ3n) is 1.96. The minimum absolute atomic E-state index is 0.233. The minimum Gasteiger partial charge on any atom is -0.469 e. The second-order valence-electron chi connectivity index (χ2n) is 3.06. The number of esters is 1. The zero-order chi connectivity index (χ0) is 11.1. The fraction of sp³-hybridized carbons (Fsp3) is 0.250. The summed E-state index contributed by atoms with van der Waals surface area (Å²) >= 11 is 5.66. The van der Waals surface area contributed by atoms with Gasteiger partial charge in [-0.25, -0.2) is 0 Å². The Balaban J connectivity index is 2.53. The molecule has 0 spiro atoms. The molecule has 0 unspecified atom stereocenters. The number of carbonyl (C=O) groups excluding carboxylic acids is 1. The first-order valence-electron chi connectivity index (χ1n) is 4.64. The summed E-state index contributed by atoms with van der Waals surface area (Å²) in [7, 11) is 1.38. The Labute approximate surface area is 94.5 Å². The van der Waals surface area contributed by atoms with Crippen LogP contribution in [-0.4, -0.2) is 13.1 Å². The molecule has 1 aromatic rings. The van der Waals surface area contributed by atoms with E-state index in [-0.39, 0.29) is 5.97 Å². The van der Waals surface area contributed by atoms with E-state index in [0.717, 1.165) is 11.1 Å². The van der Waals surface area contributed by atoms with E-state index < -0.39 is 0 Å². The molecule has 1 aromatic carbocycles. The maximum Gasteiger partial charge on any atom is 0.309 e. The molecule has 0 fully saturated rings. The number of alkyl halides is 1. The van der Waals surface area contributed by atoms with E-state index in [2.05, 4.69) is 4.74 Å². The number of methoxy groups -OCH3 is 1. The largest absolute Gasteiger partial charge is 0.469 e. The van der Waals surface area contributed by atoms with Gasteiger partial charge in [0.1, 0.15) is 0 Å². The van der Waals surface area contributed by atoms with Gasteiger partial charge in [-0.2, -0.15) is 0 Å². The van der Waals surface area contributed by atoms with Gasteiger partial charge in [0.25, 0.3) is 0 Å². The first kappa shape index (κ1) is 11.8. The lowest BCUT2D eigenvalue weighted by atomic mass is 10.1. The van der Waals surface area contributed by atoms with Gasteiger partial charge in [-0.1, -0.05) is 36.4 Å². The van der Waals surface area contributed by atoms with Crippen LogP contribution in [0.1, 0.15) is 17.5 Å². The van der Waals surface area contributed by atoms with Gasteiger partial charge in [-0.3, -0.25) is 4.79 Å². The van der Waals surface area contributed by atoms with Crippen molar-refractivity contribution >= 4 is 23.6 Å². The van der Waals surface area contributed by atoms with Crippen molar-refractivity contribution in [1.82, 2.24) is 0 Å². The van der Waals surface area contributed by atoms with E-state index in [1.165, 1.54) is 7.11 Å². The van der Waals surface area contributed by atoms with Gasteiger partial charge in [-0.15, -0.1) is 11.6 Å². The average Bonchev–Trinajstić information content (AvgIpc) is 2.29. The fourth-order valence-electron chi connectivity index (χ4n) is 1.09. The molecule has 0 saturated heterocycles. The lowest BCUT2D eigenvalue weighted by Gasteiger charge is -1.96. The van der Waals surface area contributed by atoms with Crippen LogP contribution in [0.2, 0.25) is 0 Å². The highest BCUT2D eigenvalue weighted by Crippen LogP contribution is 2.08. The number of hydrogen-bond donors (Lipinski definition) is 0. The van der Waals surface area contributed by atoms with E-state index in [1.807, 2.05) is 30.3 Å². The summed E-state index contributed by atoms with van der Waals surface area (Å²) < 4.78 is 4.52. The van der Waals surface area contributed by atoms with Gasteiger partial charge in [0.05, 0.1) is 13.5 Å². The molecule has 0 heterocycles. The first-order valence-corrected chi connectivity index (χ1v) is 5.18. The molecular weight excluding hydrogens is 212 g/mol. The van der Waals surface area contributed by atoms with E-state index in [1.54, 1.807) is 6.08 Å². The van der Waals surface area contributed by atoms with Gasteiger partial charge in [0.15, 0.2) is 0 Å². The topological polar surface area (TPSA) is 26.3 Å². The van der Waals surface area contributed by atoms with Crippen LogP contribution in [0.15, 0.2) is 30.3 Å². The van der Waals surface area contributed by atoms with Crippen molar-refractivity contribution < 1.29 is 9.53 Å². The second-order valence-corrected chi connectivity index (χ2v) is 3.33. The van der Waals surface area contributed by atoms with Gasteiger partial charge >= 0.3 is 5.97 Å². The number of halogens is 1. The highest BCUT2D eigenvalue weighted by atomic mass is 35.5. The second kappa shape index (κ2) is 6.25. The molecule has 1 rings (SSSR count). The monoisotopic (exact) mass is 224 g/mol. The third-order valence-corrected chi connectivity index (χ3v) is 2.27. The standard InChI is InChI=1S/C12H13ClO2/c1-15-12(14)4-2-3-10-5-7-11(9-13)8-6-10/h2-3,5-8H,4,9H2,1H3. The van der Waals surface area contributed by atoms with Crippen LogP contribution in [0.4, 0.5) is 0 Å². The van der Waals surface area contributed by atoms with Gasteiger partial charge in [0.2, 0.25) is 0 Å². The molecule has 0 aliphatic heterocycles. The number of benzene rings is 1. The van der Waals surface area contributed by atoms with Crippen LogP contribution >= 0.6 is 11.6 Å². The normalized spacial score (nSPS) is 10.5. The molecule has 0 bridgehead atoms. The molecule has 0 saturated carbocycles. The van der Waals surface area contributed by atoms with Crippen molar-refractivity contribution in [2.45, 2.75) is 12.3 Å². The predicted molar refractivity (Wildman–Crippen MR) is 61.7 cm³/mol. The Kier molecular flexibility index (Phi) is 4.91. The smallest absolute Gasteiger partial charge is 0.309 e. The van der Waals surface area contributed by atoms with Gasteiger partial charge in [-0.05, 0) is 11.1 Å². The quantitative estimate of drug-likeness (QED) is 0.581. The lowest BCUT2D eigenvalue weighted by Crippen LogP contribution is -1.96. The Bertz CT molecular complexity index is 341. The Morgan fingerprint density at radius 1 is 1.40 bits per heavy atom. The summed E-state index contributed by atoms with van der Waals surface area (Å²) in [6, 6.07) is 7.85. The molecule has 0 amide bonds. The van der Waals surface area contributed by atoms with Crippen molar-refractivity contribution in [2.75, 3.05) is 7.11 Å². The minimum atomic E-state index is -0.233. The number of hydrogen-bond acceptors (Lipinski definition) is 2. The Morgan fingerprint density at radius 2 is 2.07 bits per heavy atom. The Hall–Kier alpha value is -1.28. The molecular formula is C12H13ClO2. The zero-order valence-electron chi connectivity index (χ0n) is 8.57. The molecule has 0 N–H and O–H groups in total. The summed E-state index contributed by atoms with van der Waals surface area (Å²) in [6.07, 6.45) is 3.96. The van der Waals surface area contributed by atoms with Crippen molar-refractivity contribution in [3.63, 3.8) is 0 Å². The summed E-state index contributed by atoms with van der Waals surface area (Å²) in [4.78, 5) is 10.8. The first-order chi connectivity index (χ1) is 7.26. The molecule has 2 nitrogen and oxygen atoms in total. The SMILES string of the molecule is COC(=O)CC=Cc1ccc(CCl)cc1. The number of rotatable bonds is 4. The van der Waals surface area contributed by atoms with Crippen molar-refractivity contribution in [2.24, 2.45) is 0 Å². The molecule has 0 aliphatic rings. The molecule has 0 atom stereocenters. The predicted octanol–water partition coefficient (Wildman–Crippen LogP) is 3.00. The molecule has 0 aromatic heterocycles. The molecule has 80 valence electrons. The van der Waals surface area contributed by atoms with Gasteiger partial charge < -0.3 is 4.74 Å². The number of carbonyl (C=O) groups is 1. The van der Waals surface area contributed by atoms with Crippen LogP contribution in [0.5, 0.6) is 0 Å². The summed E-state index contributed by atoms with van der Waals surface area (Å²) in [5.74, 6) is 0.287. The lowest BCUT2D eigenvalue weighted by molar-refractivity contribution is -0.139.